The number of ether oxygens (including phenoxy) is 1. The van der Waals surface area contributed by atoms with Crippen LogP contribution in [-0.4, -0.2) is 26.5 Å². The molecule has 1 amide bonds. The van der Waals surface area contributed by atoms with Crippen molar-refractivity contribution in [1.29, 1.82) is 0 Å². The van der Waals surface area contributed by atoms with Crippen molar-refractivity contribution >= 4 is 53.5 Å². The number of amides is 1. The van der Waals surface area contributed by atoms with Crippen molar-refractivity contribution in [3.05, 3.63) is 50.9 Å². The first kappa shape index (κ1) is 22.9. The van der Waals surface area contributed by atoms with Gasteiger partial charge in [-0.25, -0.2) is 13.1 Å². The molecule has 9 heteroatoms. The Kier molecular flexibility index (Phi) is 7.30. The molecule has 2 aromatic carbocycles. The molecule has 152 valence electrons. The number of halogens is 2. The fraction of sp³-hybridized carbons (Fsp3) is 0.316. The van der Waals surface area contributed by atoms with Crippen LogP contribution in [0, 0.1) is 6.92 Å². The van der Waals surface area contributed by atoms with Crippen molar-refractivity contribution in [2.45, 2.75) is 38.1 Å². The maximum Gasteiger partial charge on any atom is 0.262 e. The van der Waals surface area contributed by atoms with Crippen molar-refractivity contribution in [3.63, 3.8) is 0 Å². The molecule has 0 bridgehead atoms. The fourth-order valence-corrected chi connectivity index (χ4v) is 5.36. The van der Waals surface area contributed by atoms with Crippen LogP contribution in [0.4, 0.5) is 5.69 Å². The highest BCUT2D eigenvalue weighted by atomic mass is 79.9. The number of nitrogens with one attached hydrogen (secondary N) is 2. The Morgan fingerprint density at radius 1 is 1.11 bits per heavy atom. The number of hydrogen-bond donors (Lipinski definition) is 2. The molecule has 0 saturated heterocycles. The molecule has 2 N–H and O–H groups in total. The number of aryl methyl sites for hydroxylation is 1. The zero-order valence-corrected chi connectivity index (χ0v) is 20.0. The van der Waals surface area contributed by atoms with E-state index >= 15 is 0 Å². The van der Waals surface area contributed by atoms with E-state index < -0.39 is 15.6 Å². The van der Waals surface area contributed by atoms with Gasteiger partial charge in [-0.2, -0.15) is 0 Å². The van der Waals surface area contributed by atoms with Crippen LogP contribution in [0.15, 0.2) is 50.2 Å². The Balaban J connectivity index is 2.00. The molecule has 0 spiro atoms. The summed E-state index contributed by atoms with van der Waals surface area (Å²) in [7, 11) is -3.62. The van der Waals surface area contributed by atoms with Crippen LogP contribution in [-0.2, 0) is 14.8 Å². The van der Waals surface area contributed by atoms with E-state index in [1.165, 1.54) is 24.3 Å². The Morgan fingerprint density at radius 2 is 1.71 bits per heavy atom. The number of sulfonamides is 1. The van der Waals surface area contributed by atoms with Crippen molar-refractivity contribution in [2.24, 2.45) is 0 Å². The molecule has 2 aromatic rings. The van der Waals surface area contributed by atoms with Crippen LogP contribution in [0.1, 0.15) is 26.3 Å². The van der Waals surface area contributed by atoms with Gasteiger partial charge in [-0.1, -0.05) is 15.9 Å². The number of rotatable bonds is 6. The summed E-state index contributed by atoms with van der Waals surface area (Å²) in [4.78, 5) is 12.3. The van der Waals surface area contributed by atoms with Gasteiger partial charge >= 0.3 is 0 Å². The SMILES string of the molecule is Cc1cc(Br)cc(Br)c1OCC(=O)Nc1ccc(S(=O)(=O)NC(C)(C)C)cc1. The van der Waals surface area contributed by atoms with Gasteiger partial charge in [0, 0.05) is 15.7 Å². The van der Waals surface area contributed by atoms with Gasteiger partial charge < -0.3 is 10.1 Å². The van der Waals surface area contributed by atoms with Gasteiger partial charge in [-0.15, -0.1) is 0 Å². The third-order valence-corrected chi connectivity index (χ3v) is 6.25. The number of hydrogen-bond acceptors (Lipinski definition) is 4. The average Bonchev–Trinajstić information content (AvgIpc) is 2.52. The molecular formula is C19H22Br2N2O4S. The number of carbonyl (C=O) groups excluding carboxylic acids is 1. The number of benzene rings is 2. The summed E-state index contributed by atoms with van der Waals surface area (Å²) < 4.78 is 34.4. The van der Waals surface area contributed by atoms with E-state index in [1.54, 1.807) is 20.8 Å². The molecule has 0 aliphatic rings. The second kappa shape index (κ2) is 8.94. The minimum atomic E-state index is -3.62. The second-order valence-electron chi connectivity index (χ2n) is 7.25. The van der Waals surface area contributed by atoms with E-state index in [2.05, 4.69) is 41.9 Å². The Hall–Kier alpha value is -1.42. The van der Waals surface area contributed by atoms with E-state index in [9.17, 15) is 13.2 Å². The maximum atomic E-state index is 12.3. The summed E-state index contributed by atoms with van der Waals surface area (Å²) in [5, 5.41) is 2.69. The van der Waals surface area contributed by atoms with Crippen LogP contribution in [0.25, 0.3) is 0 Å². The van der Waals surface area contributed by atoms with Gasteiger partial charge in [-0.3, -0.25) is 4.79 Å². The smallest absolute Gasteiger partial charge is 0.262 e. The predicted molar refractivity (Wildman–Crippen MR) is 117 cm³/mol. The molecule has 0 unspecified atom stereocenters. The summed E-state index contributed by atoms with van der Waals surface area (Å²) in [6.07, 6.45) is 0. The second-order valence-corrected chi connectivity index (χ2v) is 10.7. The fourth-order valence-electron chi connectivity index (χ4n) is 2.39. The van der Waals surface area contributed by atoms with Crippen molar-refractivity contribution in [3.8, 4) is 5.75 Å². The standard InChI is InChI=1S/C19H22Br2N2O4S/c1-12-9-13(20)10-16(21)18(12)27-11-17(24)22-14-5-7-15(8-6-14)28(25,26)23-19(2,3)4/h5-10,23H,11H2,1-4H3,(H,22,24). The Bertz CT molecular complexity index is 945. The van der Waals surface area contributed by atoms with Crippen LogP contribution in [0.2, 0.25) is 0 Å². The highest BCUT2D eigenvalue weighted by Gasteiger charge is 2.21. The molecule has 0 radical (unpaired) electrons. The summed E-state index contributed by atoms with van der Waals surface area (Å²) in [5.41, 5.74) is 0.785. The first-order valence-corrected chi connectivity index (χ1v) is 11.5. The van der Waals surface area contributed by atoms with E-state index in [0.29, 0.717) is 11.4 Å². The zero-order chi connectivity index (χ0) is 21.1. The topological polar surface area (TPSA) is 84.5 Å². The van der Waals surface area contributed by atoms with Crippen LogP contribution in [0.3, 0.4) is 0 Å². The minimum Gasteiger partial charge on any atom is -0.482 e. The summed E-state index contributed by atoms with van der Waals surface area (Å²) >= 11 is 6.81. The van der Waals surface area contributed by atoms with Crippen molar-refractivity contribution in [1.82, 2.24) is 4.72 Å². The first-order chi connectivity index (χ1) is 12.9. The lowest BCUT2D eigenvalue weighted by molar-refractivity contribution is -0.118. The Labute approximate surface area is 182 Å². The molecule has 0 saturated carbocycles. The van der Waals surface area contributed by atoms with Crippen LogP contribution in [0.5, 0.6) is 5.75 Å². The molecule has 6 nitrogen and oxygen atoms in total. The van der Waals surface area contributed by atoms with Gasteiger partial charge in [0.15, 0.2) is 6.61 Å². The van der Waals surface area contributed by atoms with Gasteiger partial charge in [0.05, 0.1) is 9.37 Å². The summed E-state index contributed by atoms with van der Waals surface area (Å²) in [6.45, 7) is 7.01. The predicted octanol–water partition coefficient (Wildman–Crippen LogP) is 4.61. The molecular weight excluding hydrogens is 512 g/mol. The zero-order valence-electron chi connectivity index (χ0n) is 16.0. The maximum absolute atomic E-state index is 12.3. The van der Waals surface area contributed by atoms with Crippen molar-refractivity contribution in [2.75, 3.05) is 11.9 Å². The quantitative estimate of drug-likeness (QED) is 0.567. The lowest BCUT2D eigenvalue weighted by atomic mass is 10.1. The summed E-state index contributed by atoms with van der Waals surface area (Å²) in [6, 6.07) is 9.69. The normalized spacial score (nSPS) is 11.9. The molecule has 0 aliphatic carbocycles. The molecule has 28 heavy (non-hydrogen) atoms. The highest BCUT2D eigenvalue weighted by molar-refractivity contribution is 9.11. The lowest BCUT2D eigenvalue weighted by Gasteiger charge is -2.20. The molecule has 0 aliphatic heterocycles. The molecule has 0 fully saturated rings. The molecule has 0 aromatic heterocycles. The van der Waals surface area contributed by atoms with E-state index in [1.807, 2.05) is 19.1 Å². The monoisotopic (exact) mass is 532 g/mol. The van der Waals surface area contributed by atoms with Crippen molar-refractivity contribution < 1.29 is 17.9 Å². The molecule has 0 heterocycles. The van der Waals surface area contributed by atoms with E-state index in [-0.39, 0.29) is 17.4 Å². The van der Waals surface area contributed by atoms with Gasteiger partial charge in [0.25, 0.3) is 5.91 Å². The minimum absolute atomic E-state index is 0.131. The highest BCUT2D eigenvalue weighted by Crippen LogP contribution is 2.32. The van der Waals surface area contributed by atoms with Gasteiger partial charge in [0.1, 0.15) is 5.75 Å². The van der Waals surface area contributed by atoms with Gasteiger partial charge in [0.2, 0.25) is 10.0 Å². The summed E-state index contributed by atoms with van der Waals surface area (Å²) in [5.74, 6) is 0.241. The Morgan fingerprint density at radius 3 is 2.25 bits per heavy atom. The third-order valence-electron chi connectivity index (χ3n) is 3.43. The average molecular weight is 534 g/mol. The first-order valence-electron chi connectivity index (χ1n) is 8.40. The number of anilines is 1. The van der Waals surface area contributed by atoms with E-state index in [4.69, 9.17) is 4.74 Å². The molecule has 0 atom stereocenters. The largest absolute Gasteiger partial charge is 0.482 e. The van der Waals surface area contributed by atoms with Crippen LogP contribution < -0.4 is 14.8 Å². The molecule has 2 rings (SSSR count). The van der Waals surface area contributed by atoms with Crippen LogP contribution >= 0.6 is 31.9 Å². The van der Waals surface area contributed by atoms with E-state index in [0.717, 1.165) is 14.5 Å². The third kappa shape index (κ3) is 6.58. The number of carbonyl (C=O) groups is 1. The van der Waals surface area contributed by atoms with Gasteiger partial charge in [-0.05, 0) is 85.6 Å². The lowest BCUT2D eigenvalue weighted by Crippen LogP contribution is -2.40.